The number of carbonyl (C=O) groups is 2. The van der Waals surface area contributed by atoms with Gasteiger partial charge >= 0.3 is 6.09 Å². The van der Waals surface area contributed by atoms with Gasteiger partial charge in [0, 0.05) is 18.3 Å². The molecule has 0 spiro atoms. The van der Waals surface area contributed by atoms with Crippen LogP contribution in [0.5, 0.6) is 0 Å². The van der Waals surface area contributed by atoms with E-state index in [1.165, 1.54) is 6.33 Å². The number of ether oxygens (including phenoxy) is 1. The average molecular weight is 422 g/mol. The van der Waals surface area contributed by atoms with Crippen molar-refractivity contribution in [2.75, 3.05) is 12.4 Å². The maximum atomic E-state index is 13.0. The topological polar surface area (TPSA) is 89.4 Å². The molecule has 8 nitrogen and oxygen atoms in total. The Balaban J connectivity index is 1.69. The fourth-order valence-electron chi connectivity index (χ4n) is 3.00. The molecule has 3 rings (SSSR count). The highest BCUT2D eigenvalue weighted by atomic mass is 16.6. The Kier molecular flexibility index (Phi) is 6.39. The Labute approximate surface area is 181 Å². The molecule has 0 saturated heterocycles. The van der Waals surface area contributed by atoms with Crippen molar-refractivity contribution in [3.63, 3.8) is 0 Å². The predicted molar refractivity (Wildman–Crippen MR) is 118 cm³/mol. The zero-order valence-corrected chi connectivity index (χ0v) is 18.4. The van der Waals surface area contributed by atoms with E-state index < -0.39 is 11.7 Å². The summed E-state index contributed by atoms with van der Waals surface area (Å²) >= 11 is 0. The molecule has 1 atom stereocenters. The van der Waals surface area contributed by atoms with Gasteiger partial charge in [0.15, 0.2) is 0 Å². The van der Waals surface area contributed by atoms with Gasteiger partial charge in [-0.05, 0) is 63.6 Å². The number of nitrogens with zero attached hydrogens (tertiary/aromatic N) is 4. The maximum Gasteiger partial charge on any atom is 0.412 e. The Morgan fingerprint density at radius 1 is 1.13 bits per heavy atom. The first-order valence-electron chi connectivity index (χ1n) is 9.96. The molecule has 31 heavy (non-hydrogen) atoms. The number of amides is 2. The van der Waals surface area contributed by atoms with E-state index in [1.54, 1.807) is 68.0 Å². The lowest BCUT2D eigenvalue weighted by Gasteiger charge is -2.26. The van der Waals surface area contributed by atoms with Crippen molar-refractivity contribution in [2.24, 2.45) is 0 Å². The lowest BCUT2D eigenvalue weighted by Crippen LogP contribution is -2.30. The van der Waals surface area contributed by atoms with E-state index in [0.717, 1.165) is 11.3 Å². The van der Waals surface area contributed by atoms with Crippen molar-refractivity contribution in [2.45, 2.75) is 39.3 Å². The number of hydrogen-bond donors (Lipinski definition) is 1. The van der Waals surface area contributed by atoms with Crippen molar-refractivity contribution < 1.29 is 14.3 Å². The molecule has 1 heterocycles. The van der Waals surface area contributed by atoms with Crippen LogP contribution in [0.15, 0.2) is 61.2 Å². The molecule has 1 N–H and O–H groups in total. The van der Waals surface area contributed by atoms with Crippen LogP contribution in [0.3, 0.4) is 0 Å². The highest BCUT2D eigenvalue weighted by Gasteiger charge is 2.20. The van der Waals surface area contributed by atoms with Crippen LogP contribution in [-0.4, -0.2) is 44.3 Å². The lowest BCUT2D eigenvalue weighted by atomic mass is 10.1. The molecule has 0 unspecified atom stereocenters. The summed E-state index contributed by atoms with van der Waals surface area (Å²) in [6.07, 6.45) is 2.55. The summed E-state index contributed by atoms with van der Waals surface area (Å²) in [5.74, 6) is -0.152. The number of hydrogen-bond acceptors (Lipinski definition) is 5. The van der Waals surface area contributed by atoms with E-state index in [-0.39, 0.29) is 11.9 Å². The minimum absolute atomic E-state index is 0.152. The highest BCUT2D eigenvalue weighted by molar-refractivity contribution is 5.96. The van der Waals surface area contributed by atoms with Gasteiger partial charge < -0.3 is 9.64 Å². The maximum absolute atomic E-state index is 13.0. The van der Waals surface area contributed by atoms with Crippen molar-refractivity contribution in [1.82, 2.24) is 19.7 Å². The quantitative estimate of drug-likeness (QED) is 0.657. The number of nitrogens with one attached hydrogen (secondary N) is 1. The Morgan fingerprint density at radius 3 is 2.45 bits per heavy atom. The molecule has 0 aliphatic carbocycles. The van der Waals surface area contributed by atoms with Crippen LogP contribution in [0.1, 0.15) is 49.7 Å². The molecule has 0 fully saturated rings. The molecule has 0 bridgehead atoms. The van der Waals surface area contributed by atoms with Crippen molar-refractivity contribution >= 4 is 17.7 Å². The van der Waals surface area contributed by atoms with Crippen molar-refractivity contribution in [1.29, 1.82) is 0 Å². The molecule has 3 aromatic rings. The van der Waals surface area contributed by atoms with Gasteiger partial charge in [-0.2, -0.15) is 5.10 Å². The van der Waals surface area contributed by atoms with Crippen LogP contribution in [0.4, 0.5) is 10.5 Å². The van der Waals surface area contributed by atoms with Gasteiger partial charge in [0.05, 0.1) is 11.7 Å². The molecule has 0 aliphatic rings. The SMILES string of the molecule is C[C@H](c1ccc(-n2cncn2)cc1)N(C)C(=O)c1cccc(NC(=O)OC(C)(C)C)c1. The van der Waals surface area contributed by atoms with Crippen LogP contribution < -0.4 is 5.32 Å². The van der Waals surface area contributed by atoms with Crippen molar-refractivity contribution in [3.8, 4) is 5.69 Å². The number of carbonyl (C=O) groups excluding carboxylic acids is 2. The minimum atomic E-state index is -0.601. The predicted octanol–water partition coefficient (Wildman–Crippen LogP) is 4.45. The summed E-state index contributed by atoms with van der Waals surface area (Å²) in [5.41, 5.74) is 2.25. The van der Waals surface area contributed by atoms with Gasteiger partial charge in [0.25, 0.3) is 5.91 Å². The van der Waals surface area contributed by atoms with Crippen LogP contribution in [0.2, 0.25) is 0 Å². The summed E-state index contributed by atoms with van der Waals surface area (Å²) < 4.78 is 6.94. The van der Waals surface area contributed by atoms with E-state index in [2.05, 4.69) is 15.4 Å². The second kappa shape index (κ2) is 8.99. The van der Waals surface area contributed by atoms with Crippen LogP contribution in [0.25, 0.3) is 5.69 Å². The molecular weight excluding hydrogens is 394 g/mol. The number of aromatic nitrogens is 3. The largest absolute Gasteiger partial charge is 0.444 e. The summed E-state index contributed by atoms with van der Waals surface area (Å²) in [6.45, 7) is 7.34. The fraction of sp³-hybridized carbons (Fsp3) is 0.304. The number of anilines is 1. The van der Waals surface area contributed by atoms with Gasteiger partial charge in [0.2, 0.25) is 0 Å². The molecule has 0 radical (unpaired) electrons. The zero-order valence-electron chi connectivity index (χ0n) is 18.4. The molecular formula is C23H27N5O3. The smallest absolute Gasteiger partial charge is 0.412 e. The third-order valence-corrected chi connectivity index (χ3v) is 4.71. The monoisotopic (exact) mass is 421 g/mol. The van der Waals surface area contributed by atoms with Crippen molar-refractivity contribution in [3.05, 3.63) is 72.3 Å². The van der Waals surface area contributed by atoms with Crippen LogP contribution >= 0.6 is 0 Å². The lowest BCUT2D eigenvalue weighted by molar-refractivity contribution is 0.0634. The first-order valence-corrected chi connectivity index (χ1v) is 9.96. The highest BCUT2D eigenvalue weighted by Crippen LogP contribution is 2.23. The van der Waals surface area contributed by atoms with E-state index in [1.807, 2.05) is 31.2 Å². The molecule has 162 valence electrons. The second-order valence-electron chi connectivity index (χ2n) is 8.23. The first-order chi connectivity index (χ1) is 14.6. The third kappa shape index (κ3) is 5.69. The molecule has 0 aliphatic heterocycles. The molecule has 2 amide bonds. The van der Waals surface area contributed by atoms with Crippen LogP contribution in [0, 0.1) is 0 Å². The Bertz CT molecular complexity index is 1040. The number of rotatable bonds is 5. The summed E-state index contributed by atoms with van der Waals surface area (Å²) in [4.78, 5) is 30.7. The van der Waals surface area contributed by atoms with E-state index in [9.17, 15) is 9.59 Å². The standard InChI is InChI=1S/C23H27N5O3/c1-16(17-9-11-20(12-10-17)28-15-24-14-25-28)27(5)21(29)18-7-6-8-19(13-18)26-22(30)31-23(2,3)4/h6-16H,1-5H3,(H,26,30)/t16-/m1/s1. The summed E-state index contributed by atoms with van der Waals surface area (Å²) in [6, 6.07) is 14.5. The van der Waals surface area contributed by atoms with Gasteiger partial charge in [-0.25, -0.2) is 14.5 Å². The second-order valence-corrected chi connectivity index (χ2v) is 8.23. The summed E-state index contributed by atoms with van der Waals surface area (Å²) in [7, 11) is 1.76. The number of benzene rings is 2. The van der Waals surface area contributed by atoms with Gasteiger partial charge in [0.1, 0.15) is 18.3 Å². The van der Waals surface area contributed by atoms with Crippen LogP contribution in [-0.2, 0) is 4.74 Å². The van der Waals surface area contributed by atoms with E-state index >= 15 is 0 Å². The molecule has 0 saturated carbocycles. The van der Waals surface area contributed by atoms with Gasteiger partial charge in [-0.3, -0.25) is 10.1 Å². The molecule has 1 aromatic heterocycles. The molecule has 2 aromatic carbocycles. The van der Waals surface area contributed by atoms with Gasteiger partial charge in [-0.1, -0.05) is 18.2 Å². The van der Waals surface area contributed by atoms with Gasteiger partial charge in [-0.15, -0.1) is 0 Å². The Morgan fingerprint density at radius 2 is 1.84 bits per heavy atom. The zero-order chi connectivity index (χ0) is 22.6. The average Bonchev–Trinajstić information content (AvgIpc) is 3.26. The Hall–Kier alpha value is -3.68. The minimum Gasteiger partial charge on any atom is -0.444 e. The molecule has 8 heteroatoms. The first kappa shape index (κ1) is 22.0. The van der Waals surface area contributed by atoms with E-state index in [0.29, 0.717) is 11.3 Å². The van der Waals surface area contributed by atoms with E-state index in [4.69, 9.17) is 4.74 Å². The summed E-state index contributed by atoms with van der Waals surface area (Å²) in [5, 5.41) is 6.78. The third-order valence-electron chi connectivity index (χ3n) is 4.71. The normalized spacial score (nSPS) is 12.2. The fourth-order valence-corrected chi connectivity index (χ4v) is 3.00.